The summed E-state index contributed by atoms with van der Waals surface area (Å²) >= 11 is 0. The fraction of sp³-hybridized carbons (Fsp3) is 0.833. The maximum atomic E-state index is 14.1. The number of hydrogen-bond acceptors (Lipinski definition) is 2. The van der Waals surface area contributed by atoms with Gasteiger partial charge in [-0.3, -0.25) is 0 Å². The van der Waals surface area contributed by atoms with Crippen LogP contribution in [0.4, 0.5) is 4.39 Å². The quantitative estimate of drug-likeness (QED) is 0.638. The van der Waals surface area contributed by atoms with Gasteiger partial charge in [0, 0.05) is 0 Å². The van der Waals surface area contributed by atoms with Crippen LogP contribution >= 0.6 is 0 Å². The second-order valence-corrected chi connectivity index (χ2v) is 5.75. The number of allylic oxidation sites excluding steroid dienone is 1. The number of halogens is 1. The highest BCUT2D eigenvalue weighted by molar-refractivity contribution is 6.53. The van der Waals surface area contributed by atoms with E-state index in [4.69, 9.17) is 9.31 Å². The minimum atomic E-state index is -0.793. The molecule has 0 aromatic heterocycles. The maximum absolute atomic E-state index is 14.1. The molecule has 16 heavy (non-hydrogen) atoms. The average molecular weight is 226 g/mol. The predicted molar refractivity (Wildman–Crippen MR) is 62.7 cm³/mol. The highest BCUT2D eigenvalue weighted by Gasteiger charge is 2.53. The van der Waals surface area contributed by atoms with Gasteiger partial charge >= 0.3 is 7.12 Å². The van der Waals surface area contributed by atoms with E-state index in [-0.39, 0.29) is 5.73 Å². The molecule has 0 aromatic rings. The molecule has 2 nitrogen and oxygen atoms in total. The second-order valence-electron chi connectivity index (χ2n) is 5.75. The molecule has 2 aliphatic rings. The van der Waals surface area contributed by atoms with Crippen molar-refractivity contribution in [3.05, 3.63) is 11.3 Å². The molecule has 0 atom stereocenters. The van der Waals surface area contributed by atoms with Crippen LogP contribution in [-0.2, 0) is 9.31 Å². The van der Waals surface area contributed by atoms with E-state index < -0.39 is 18.3 Å². The zero-order valence-corrected chi connectivity index (χ0v) is 10.6. The lowest BCUT2D eigenvalue weighted by Crippen LogP contribution is -2.41. The molecule has 0 unspecified atom stereocenters. The van der Waals surface area contributed by atoms with Crippen molar-refractivity contribution in [1.29, 1.82) is 0 Å². The summed E-state index contributed by atoms with van der Waals surface area (Å²) in [6, 6.07) is 0. The Hall–Kier alpha value is -0.345. The fourth-order valence-electron chi connectivity index (χ4n) is 2.15. The molecule has 0 N–H and O–H groups in total. The Morgan fingerprint density at radius 3 is 1.94 bits per heavy atom. The largest absolute Gasteiger partial charge is 0.525 e. The SMILES string of the molecule is CC1(C)OB(C(F)=C2CCCC2)OC1(C)C. The van der Waals surface area contributed by atoms with Crippen molar-refractivity contribution < 1.29 is 13.7 Å². The third kappa shape index (κ3) is 1.93. The summed E-state index contributed by atoms with van der Waals surface area (Å²) in [5, 5.41) is 0. The summed E-state index contributed by atoms with van der Waals surface area (Å²) in [6.07, 6.45) is 3.89. The van der Waals surface area contributed by atoms with Crippen molar-refractivity contribution in [2.45, 2.75) is 64.6 Å². The third-order valence-corrected chi connectivity index (χ3v) is 4.01. The van der Waals surface area contributed by atoms with E-state index >= 15 is 0 Å². The molecule has 2 fully saturated rings. The summed E-state index contributed by atoms with van der Waals surface area (Å²) in [5.74, 6) is 0. The highest BCUT2D eigenvalue weighted by atomic mass is 19.1. The highest BCUT2D eigenvalue weighted by Crippen LogP contribution is 2.40. The Balaban J connectivity index is 2.17. The first-order valence-electron chi connectivity index (χ1n) is 6.06. The summed E-state index contributed by atoms with van der Waals surface area (Å²) in [5.41, 5.74) is -0.197. The van der Waals surface area contributed by atoms with Crippen molar-refractivity contribution in [3.8, 4) is 0 Å². The van der Waals surface area contributed by atoms with Crippen molar-refractivity contribution in [3.63, 3.8) is 0 Å². The minimum Gasteiger partial charge on any atom is -0.398 e. The monoisotopic (exact) mass is 226 g/mol. The molecule has 0 aromatic carbocycles. The first-order chi connectivity index (χ1) is 7.33. The molecule has 1 saturated heterocycles. The molecule has 1 heterocycles. The van der Waals surface area contributed by atoms with Crippen molar-refractivity contribution in [1.82, 2.24) is 0 Å². The van der Waals surface area contributed by atoms with E-state index in [1.165, 1.54) is 0 Å². The lowest BCUT2D eigenvalue weighted by Gasteiger charge is -2.32. The molecule has 0 bridgehead atoms. The van der Waals surface area contributed by atoms with E-state index in [2.05, 4.69) is 0 Å². The van der Waals surface area contributed by atoms with Gasteiger partial charge in [0.25, 0.3) is 0 Å². The first kappa shape index (κ1) is 12.1. The van der Waals surface area contributed by atoms with Crippen LogP contribution in [0.2, 0.25) is 0 Å². The molecule has 1 aliphatic heterocycles. The topological polar surface area (TPSA) is 18.5 Å². The maximum Gasteiger partial charge on any atom is 0.525 e. The van der Waals surface area contributed by atoms with Crippen LogP contribution in [0.25, 0.3) is 0 Å². The summed E-state index contributed by atoms with van der Waals surface area (Å²) in [6.45, 7) is 7.78. The zero-order valence-electron chi connectivity index (χ0n) is 10.6. The lowest BCUT2D eigenvalue weighted by molar-refractivity contribution is 0.00578. The smallest absolute Gasteiger partial charge is 0.398 e. The minimum absolute atomic E-state index is 0.184. The van der Waals surface area contributed by atoms with Crippen molar-refractivity contribution in [2.24, 2.45) is 0 Å². The standard InChI is InChI=1S/C12H20BFO2/c1-11(2)12(3,4)16-13(15-11)10(14)9-7-5-6-8-9/h5-8H2,1-4H3. The van der Waals surface area contributed by atoms with Crippen molar-refractivity contribution in [2.75, 3.05) is 0 Å². The Bertz CT molecular complexity index is 299. The van der Waals surface area contributed by atoms with E-state index in [1.807, 2.05) is 27.7 Å². The Morgan fingerprint density at radius 1 is 1.06 bits per heavy atom. The van der Waals surface area contributed by atoms with Crippen LogP contribution in [0.5, 0.6) is 0 Å². The van der Waals surface area contributed by atoms with Gasteiger partial charge in [0.05, 0.1) is 11.2 Å². The summed E-state index contributed by atoms with van der Waals surface area (Å²) in [7, 11) is -0.793. The number of rotatable bonds is 1. The normalized spacial score (nSPS) is 27.6. The Labute approximate surface area is 97.3 Å². The zero-order chi connectivity index (χ0) is 12.0. The van der Waals surface area contributed by atoms with E-state index in [9.17, 15) is 4.39 Å². The average Bonchev–Trinajstić information content (AvgIpc) is 2.72. The third-order valence-electron chi connectivity index (χ3n) is 4.01. The first-order valence-corrected chi connectivity index (χ1v) is 6.06. The number of hydrogen-bond donors (Lipinski definition) is 0. The van der Waals surface area contributed by atoms with Gasteiger partial charge in [0.2, 0.25) is 0 Å². The summed E-state index contributed by atoms with van der Waals surface area (Å²) < 4.78 is 25.5. The molecular formula is C12H20BFO2. The van der Waals surface area contributed by atoms with Gasteiger partial charge in [0.1, 0.15) is 5.73 Å². The van der Waals surface area contributed by atoms with Gasteiger partial charge in [-0.15, -0.1) is 0 Å². The second kappa shape index (κ2) is 3.85. The van der Waals surface area contributed by atoms with Crippen LogP contribution < -0.4 is 0 Å². The molecule has 0 amide bonds. The summed E-state index contributed by atoms with van der Waals surface area (Å²) in [4.78, 5) is 0. The fourth-order valence-corrected chi connectivity index (χ4v) is 2.15. The van der Waals surface area contributed by atoms with Gasteiger partial charge in [-0.1, -0.05) is 0 Å². The van der Waals surface area contributed by atoms with Gasteiger partial charge in [-0.05, 0) is 59.0 Å². The molecule has 1 saturated carbocycles. The van der Waals surface area contributed by atoms with E-state index in [0.717, 1.165) is 31.3 Å². The van der Waals surface area contributed by atoms with Crippen LogP contribution in [0.15, 0.2) is 11.3 Å². The Morgan fingerprint density at radius 2 is 1.50 bits per heavy atom. The molecule has 2 rings (SSSR count). The van der Waals surface area contributed by atoms with Crippen LogP contribution in [-0.4, -0.2) is 18.3 Å². The van der Waals surface area contributed by atoms with Crippen LogP contribution in [0.1, 0.15) is 53.4 Å². The Kier molecular flexibility index (Phi) is 2.91. The molecule has 4 heteroatoms. The molecule has 0 spiro atoms. The van der Waals surface area contributed by atoms with Gasteiger partial charge < -0.3 is 9.31 Å². The van der Waals surface area contributed by atoms with E-state index in [1.54, 1.807) is 0 Å². The van der Waals surface area contributed by atoms with Gasteiger partial charge in [0.15, 0.2) is 0 Å². The molecule has 90 valence electrons. The van der Waals surface area contributed by atoms with Crippen LogP contribution in [0, 0.1) is 0 Å². The lowest BCUT2D eigenvalue weighted by atomic mass is 9.84. The molecule has 1 aliphatic carbocycles. The van der Waals surface area contributed by atoms with Gasteiger partial charge in [-0.2, -0.15) is 0 Å². The van der Waals surface area contributed by atoms with E-state index in [0.29, 0.717) is 0 Å². The van der Waals surface area contributed by atoms with Crippen LogP contribution in [0.3, 0.4) is 0 Å². The van der Waals surface area contributed by atoms with Gasteiger partial charge in [-0.25, -0.2) is 4.39 Å². The predicted octanol–water partition coefficient (Wildman–Crippen LogP) is 3.42. The van der Waals surface area contributed by atoms with Crippen molar-refractivity contribution >= 4 is 7.12 Å². The molecular weight excluding hydrogens is 206 g/mol. The molecule has 0 radical (unpaired) electrons.